The third kappa shape index (κ3) is 3.84. The van der Waals surface area contributed by atoms with E-state index in [1.54, 1.807) is 0 Å². The molecule has 0 unspecified atom stereocenters. The van der Waals surface area contributed by atoms with Crippen molar-refractivity contribution in [2.24, 2.45) is 0 Å². The van der Waals surface area contributed by atoms with E-state index < -0.39 is 0 Å². The highest BCUT2D eigenvalue weighted by Crippen LogP contribution is 2.43. The molecular formula is C25H31N5O2. The summed E-state index contributed by atoms with van der Waals surface area (Å²) in [7, 11) is 0. The molecule has 2 aromatic heterocycles. The molecule has 3 fully saturated rings. The van der Waals surface area contributed by atoms with Crippen LogP contribution >= 0.6 is 0 Å². The van der Waals surface area contributed by atoms with Crippen LogP contribution in [0.1, 0.15) is 50.0 Å². The molecule has 1 aliphatic carbocycles. The lowest BCUT2D eigenvalue weighted by molar-refractivity contribution is 0.0255. The first-order valence-corrected chi connectivity index (χ1v) is 12.0. The van der Waals surface area contributed by atoms with Crippen molar-refractivity contribution in [2.45, 2.75) is 56.5 Å². The van der Waals surface area contributed by atoms with Crippen LogP contribution in [0, 0.1) is 0 Å². The number of phenolic OH excluding ortho intramolecular Hbond substituents is 1. The van der Waals surface area contributed by atoms with Gasteiger partial charge >= 0.3 is 0 Å². The number of rotatable bonds is 5. The topological polar surface area (TPSA) is 74.9 Å². The molecule has 0 bridgehead atoms. The van der Waals surface area contributed by atoms with Crippen molar-refractivity contribution in [3.05, 3.63) is 42.1 Å². The molecule has 2 saturated heterocycles. The minimum Gasteiger partial charge on any atom is -0.507 e. The molecule has 1 saturated carbocycles. The van der Waals surface area contributed by atoms with Crippen molar-refractivity contribution in [3.8, 4) is 17.0 Å². The fraction of sp³-hybridized carbons (Fsp3) is 0.520. The van der Waals surface area contributed by atoms with Crippen molar-refractivity contribution < 1.29 is 9.84 Å². The first-order chi connectivity index (χ1) is 15.8. The predicted octanol–water partition coefficient (Wildman–Crippen LogP) is 4.03. The van der Waals surface area contributed by atoms with Crippen molar-refractivity contribution >= 4 is 11.5 Å². The quantitative estimate of drug-likeness (QED) is 0.633. The molecule has 3 aromatic rings. The van der Waals surface area contributed by atoms with Gasteiger partial charge in [-0.3, -0.25) is 9.30 Å². The summed E-state index contributed by atoms with van der Waals surface area (Å²) in [6, 6.07) is 11.0. The highest BCUT2D eigenvalue weighted by molar-refractivity contribution is 5.81. The Labute approximate surface area is 188 Å². The monoisotopic (exact) mass is 433 g/mol. The van der Waals surface area contributed by atoms with E-state index in [1.165, 1.54) is 31.4 Å². The highest BCUT2D eigenvalue weighted by atomic mass is 16.5. The minimum absolute atomic E-state index is 0.284. The largest absolute Gasteiger partial charge is 0.507 e. The van der Waals surface area contributed by atoms with E-state index in [-0.39, 0.29) is 5.75 Å². The van der Waals surface area contributed by atoms with Crippen molar-refractivity contribution in [1.29, 1.82) is 0 Å². The molecule has 4 heterocycles. The third-order valence-corrected chi connectivity index (χ3v) is 7.28. The van der Waals surface area contributed by atoms with Crippen LogP contribution < -0.4 is 5.32 Å². The van der Waals surface area contributed by atoms with Gasteiger partial charge in [0.15, 0.2) is 0 Å². The number of phenols is 1. The van der Waals surface area contributed by atoms with Gasteiger partial charge in [-0.05, 0) is 80.8 Å². The third-order valence-electron chi connectivity index (χ3n) is 7.28. The lowest BCUT2D eigenvalue weighted by Gasteiger charge is -2.40. The van der Waals surface area contributed by atoms with E-state index in [1.807, 2.05) is 30.5 Å². The SMILES string of the molecule is Oc1cc(C2CC2)ccc1-c1nnc(N[C@@H]2CCCN(C3CCOCC3)C2)n2cccc12. The first kappa shape index (κ1) is 20.0. The minimum atomic E-state index is 0.284. The van der Waals surface area contributed by atoms with Gasteiger partial charge < -0.3 is 15.2 Å². The molecule has 2 N–H and O–H groups in total. The van der Waals surface area contributed by atoms with Crippen LogP contribution in [0.15, 0.2) is 36.5 Å². The first-order valence-electron chi connectivity index (χ1n) is 12.0. The van der Waals surface area contributed by atoms with Crippen LogP contribution in [0.3, 0.4) is 0 Å². The number of likely N-dealkylation sites (tertiary alicyclic amines) is 1. The lowest BCUT2D eigenvalue weighted by atomic mass is 10.00. The van der Waals surface area contributed by atoms with Gasteiger partial charge in [-0.1, -0.05) is 6.07 Å². The predicted molar refractivity (Wildman–Crippen MR) is 124 cm³/mol. The van der Waals surface area contributed by atoms with Gasteiger partial charge in [-0.15, -0.1) is 10.2 Å². The number of fused-ring (bicyclic) bond motifs is 1. The molecule has 168 valence electrons. The van der Waals surface area contributed by atoms with Crippen LogP contribution in [0.4, 0.5) is 5.95 Å². The maximum absolute atomic E-state index is 10.7. The molecule has 0 radical (unpaired) electrons. The fourth-order valence-corrected chi connectivity index (χ4v) is 5.35. The maximum Gasteiger partial charge on any atom is 0.228 e. The molecule has 0 spiro atoms. The summed E-state index contributed by atoms with van der Waals surface area (Å²) in [6.07, 6.45) is 9.04. The Morgan fingerprint density at radius 2 is 1.91 bits per heavy atom. The van der Waals surface area contributed by atoms with Crippen molar-refractivity contribution in [3.63, 3.8) is 0 Å². The Balaban J connectivity index is 1.24. The number of aromatic nitrogens is 3. The lowest BCUT2D eigenvalue weighted by Crippen LogP contribution is -2.49. The van der Waals surface area contributed by atoms with E-state index in [0.717, 1.165) is 56.0 Å². The maximum atomic E-state index is 10.7. The highest BCUT2D eigenvalue weighted by Gasteiger charge is 2.28. The van der Waals surface area contributed by atoms with Gasteiger partial charge in [0.05, 0.1) is 5.52 Å². The number of nitrogens with one attached hydrogen (secondary N) is 1. The van der Waals surface area contributed by atoms with E-state index >= 15 is 0 Å². The molecular weight excluding hydrogens is 402 g/mol. The average Bonchev–Trinajstić information content (AvgIpc) is 3.56. The van der Waals surface area contributed by atoms with E-state index in [4.69, 9.17) is 4.74 Å². The zero-order valence-corrected chi connectivity index (χ0v) is 18.4. The van der Waals surface area contributed by atoms with Gasteiger partial charge in [0.25, 0.3) is 0 Å². The second-order valence-electron chi connectivity index (χ2n) is 9.51. The number of anilines is 1. The van der Waals surface area contributed by atoms with E-state index in [9.17, 15) is 5.11 Å². The van der Waals surface area contributed by atoms with Gasteiger partial charge in [-0.25, -0.2) is 0 Å². The molecule has 3 aliphatic rings. The summed E-state index contributed by atoms with van der Waals surface area (Å²) in [5.41, 5.74) is 3.62. The second kappa shape index (κ2) is 8.37. The molecule has 1 aromatic carbocycles. The Bertz CT molecular complexity index is 1100. The number of piperidine rings is 1. The van der Waals surface area contributed by atoms with Crippen LogP contribution in [0.25, 0.3) is 16.8 Å². The molecule has 0 amide bonds. The Morgan fingerprint density at radius 3 is 2.72 bits per heavy atom. The summed E-state index contributed by atoms with van der Waals surface area (Å²) in [6.45, 7) is 3.96. The van der Waals surface area contributed by atoms with Gasteiger partial charge in [0.2, 0.25) is 5.95 Å². The standard InChI is InChI=1S/C25H31N5O2/c31-23-15-18(17-5-6-17)7-8-21(23)24-22-4-2-12-30(22)25(28-27-24)26-19-3-1-11-29(16-19)20-9-13-32-14-10-20/h2,4,7-8,12,15,17,19-20,31H,1,3,5-6,9-11,13-14,16H2,(H,26,28)/t19-/m1/s1. The summed E-state index contributed by atoms with van der Waals surface area (Å²) >= 11 is 0. The number of benzene rings is 1. The van der Waals surface area contributed by atoms with Crippen LogP contribution in [-0.4, -0.2) is 63.0 Å². The Morgan fingerprint density at radius 1 is 1.03 bits per heavy atom. The number of nitrogens with zero attached hydrogens (tertiary/aromatic N) is 4. The Kier molecular flexibility index (Phi) is 5.23. The molecule has 32 heavy (non-hydrogen) atoms. The Hall–Kier alpha value is -2.64. The molecule has 6 rings (SSSR count). The zero-order chi connectivity index (χ0) is 21.5. The summed E-state index contributed by atoms with van der Waals surface area (Å²) in [5, 5.41) is 23.5. The number of ether oxygens (including phenoxy) is 1. The van der Waals surface area contributed by atoms with Gasteiger partial charge in [-0.2, -0.15) is 0 Å². The fourth-order valence-electron chi connectivity index (χ4n) is 5.35. The second-order valence-corrected chi connectivity index (χ2v) is 9.51. The number of hydrogen-bond donors (Lipinski definition) is 2. The molecule has 7 nitrogen and oxygen atoms in total. The van der Waals surface area contributed by atoms with Crippen LogP contribution in [0.2, 0.25) is 0 Å². The normalized spacial score (nSPS) is 22.9. The van der Waals surface area contributed by atoms with Gasteiger partial charge in [0, 0.05) is 43.6 Å². The zero-order valence-electron chi connectivity index (χ0n) is 18.4. The number of hydrogen-bond acceptors (Lipinski definition) is 6. The van der Waals surface area contributed by atoms with E-state index in [2.05, 4.69) is 30.9 Å². The number of aromatic hydroxyl groups is 1. The molecule has 2 aliphatic heterocycles. The van der Waals surface area contributed by atoms with E-state index in [0.29, 0.717) is 23.7 Å². The summed E-state index contributed by atoms with van der Waals surface area (Å²) in [4.78, 5) is 2.62. The smallest absolute Gasteiger partial charge is 0.228 e. The van der Waals surface area contributed by atoms with Crippen LogP contribution in [0.5, 0.6) is 5.75 Å². The summed E-state index contributed by atoms with van der Waals surface area (Å²) in [5.74, 6) is 1.66. The van der Waals surface area contributed by atoms with Gasteiger partial charge in [0.1, 0.15) is 11.4 Å². The average molecular weight is 434 g/mol. The summed E-state index contributed by atoms with van der Waals surface area (Å²) < 4.78 is 7.61. The molecule has 1 atom stereocenters. The van der Waals surface area contributed by atoms with Crippen molar-refractivity contribution in [1.82, 2.24) is 19.5 Å². The van der Waals surface area contributed by atoms with Crippen LogP contribution in [-0.2, 0) is 4.74 Å². The molecule has 7 heteroatoms. The van der Waals surface area contributed by atoms with Crippen molar-refractivity contribution in [2.75, 3.05) is 31.6 Å².